The Balaban J connectivity index is 1.51. The van der Waals surface area contributed by atoms with Crippen molar-refractivity contribution in [1.29, 1.82) is 0 Å². The van der Waals surface area contributed by atoms with Crippen LogP contribution in [-0.4, -0.2) is 21.9 Å². The molecule has 0 radical (unpaired) electrons. The molecule has 0 fully saturated rings. The number of amides is 1. The summed E-state index contributed by atoms with van der Waals surface area (Å²) in [6.07, 6.45) is 1.25. The number of anilines is 1. The normalized spacial score (nSPS) is 20.0. The Kier molecular flexibility index (Phi) is 6.35. The fourth-order valence-corrected chi connectivity index (χ4v) is 6.84. The molecule has 0 saturated carbocycles. The minimum absolute atomic E-state index is 0.0788. The van der Waals surface area contributed by atoms with Gasteiger partial charge in [0.05, 0.1) is 0 Å². The minimum atomic E-state index is -0.337. The number of hydrogen-bond acceptors (Lipinski definition) is 6. The van der Waals surface area contributed by atoms with Crippen LogP contribution in [0.4, 0.5) is 5.13 Å². The molecular formula is C26H24ClN3O2S2. The molecule has 0 N–H and O–H groups in total. The van der Waals surface area contributed by atoms with Crippen LogP contribution in [0, 0.1) is 5.41 Å². The standard InChI is InChI=1S/C26H24ClN3O2S2/c1-26(2)13-20-23(21(31)14-26)18(17-10-6-7-11-19(17)27)12-22(32)30(20)24-28-29-25(34-24)33-15-16-8-4-3-5-9-16/h3-11,18H,12-15H2,1-2H3. The van der Waals surface area contributed by atoms with Gasteiger partial charge in [0, 0.05) is 40.8 Å². The van der Waals surface area contributed by atoms with E-state index in [-0.39, 0.29) is 29.4 Å². The Hall–Kier alpha value is -2.48. The summed E-state index contributed by atoms with van der Waals surface area (Å²) in [5, 5.41) is 9.80. The number of hydrogen-bond donors (Lipinski definition) is 0. The van der Waals surface area contributed by atoms with Crippen molar-refractivity contribution in [2.24, 2.45) is 5.41 Å². The van der Waals surface area contributed by atoms with Crippen LogP contribution in [-0.2, 0) is 15.3 Å². The number of nitrogens with zero attached hydrogens (tertiary/aromatic N) is 3. The smallest absolute Gasteiger partial charge is 0.234 e. The lowest BCUT2D eigenvalue weighted by molar-refractivity contribution is -0.121. The first-order valence-corrected chi connectivity index (χ1v) is 13.3. The number of aromatic nitrogens is 2. The quantitative estimate of drug-likeness (QED) is 0.284. The van der Waals surface area contributed by atoms with E-state index >= 15 is 0 Å². The summed E-state index contributed by atoms with van der Waals surface area (Å²) in [6, 6.07) is 17.7. The van der Waals surface area contributed by atoms with Crippen molar-refractivity contribution < 1.29 is 9.59 Å². The number of ketones is 1. The van der Waals surface area contributed by atoms with E-state index in [1.165, 1.54) is 16.9 Å². The predicted octanol–water partition coefficient (Wildman–Crippen LogP) is 6.65. The van der Waals surface area contributed by atoms with Gasteiger partial charge in [-0.15, -0.1) is 10.2 Å². The predicted molar refractivity (Wildman–Crippen MR) is 137 cm³/mol. The van der Waals surface area contributed by atoms with E-state index in [0.29, 0.717) is 28.6 Å². The zero-order valence-corrected chi connectivity index (χ0v) is 21.3. The van der Waals surface area contributed by atoms with Crippen molar-refractivity contribution in [2.75, 3.05) is 4.90 Å². The van der Waals surface area contributed by atoms with Crippen LogP contribution in [0.2, 0.25) is 5.02 Å². The first kappa shape index (κ1) is 23.3. The first-order chi connectivity index (χ1) is 16.3. The van der Waals surface area contributed by atoms with Gasteiger partial charge < -0.3 is 0 Å². The Labute approximate surface area is 212 Å². The lowest BCUT2D eigenvalue weighted by atomic mass is 9.69. The van der Waals surface area contributed by atoms with Gasteiger partial charge in [-0.05, 0) is 29.0 Å². The van der Waals surface area contributed by atoms with Gasteiger partial charge in [-0.25, -0.2) is 0 Å². The summed E-state index contributed by atoms with van der Waals surface area (Å²) in [4.78, 5) is 28.6. The zero-order valence-electron chi connectivity index (χ0n) is 19.0. The van der Waals surface area contributed by atoms with Crippen LogP contribution >= 0.6 is 34.7 Å². The summed E-state index contributed by atoms with van der Waals surface area (Å²) in [7, 11) is 0. The SMILES string of the molecule is CC1(C)CC(=O)C2=C(C1)N(c1nnc(SCc3ccccc3)s1)C(=O)CC2c1ccccc1Cl. The molecule has 34 heavy (non-hydrogen) atoms. The number of benzene rings is 2. The third-order valence-electron chi connectivity index (χ3n) is 6.22. The molecule has 1 aliphatic carbocycles. The van der Waals surface area contributed by atoms with Crippen LogP contribution in [0.5, 0.6) is 0 Å². The third kappa shape index (κ3) is 4.57. The molecule has 1 amide bonds. The molecule has 0 bridgehead atoms. The van der Waals surface area contributed by atoms with Gasteiger partial charge in [0.25, 0.3) is 0 Å². The highest BCUT2D eigenvalue weighted by molar-refractivity contribution is 8.00. The molecule has 1 atom stereocenters. The fourth-order valence-electron chi connectivity index (χ4n) is 4.73. The fraction of sp³-hybridized carbons (Fsp3) is 0.308. The number of carbonyl (C=O) groups excluding carboxylic acids is 2. The molecule has 1 aromatic heterocycles. The van der Waals surface area contributed by atoms with E-state index in [2.05, 4.69) is 36.2 Å². The average Bonchev–Trinajstić information content (AvgIpc) is 3.25. The summed E-state index contributed by atoms with van der Waals surface area (Å²) >= 11 is 9.49. The molecule has 5 rings (SSSR count). The van der Waals surface area contributed by atoms with Crippen LogP contribution in [0.25, 0.3) is 0 Å². The molecule has 1 unspecified atom stereocenters. The van der Waals surface area contributed by atoms with Crippen molar-refractivity contribution in [1.82, 2.24) is 10.2 Å². The van der Waals surface area contributed by atoms with Gasteiger partial charge in [-0.2, -0.15) is 0 Å². The lowest BCUT2D eigenvalue weighted by Crippen LogP contribution is -2.43. The molecule has 1 aliphatic heterocycles. The second-order valence-corrected chi connectivity index (χ2v) is 12.0. The Morgan fingerprint density at radius 1 is 1.06 bits per heavy atom. The van der Waals surface area contributed by atoms with E-state index in [1.807, 2.05) is 42.5 Å². The molecule has 5 nitrogen and oxygen atoms in total. The maximum atomic E-state index is 13.5. The highest BCUT2D eigenvalue weighted by atomic mass is 35.5. The van der Waals surface area contributed by atoms with Crippen molar-refractivity contribution in [3.63, 3.8) is 0 Å². The number of allylic oxidation sites excluding steroid dienone is 2. The maximum Gasteiger partial charge on any atom is 0.234 e. The van der Waals surface area contributed by atoms with Crippen molar-refractivity contribution >= 4 is 51.5 Å². The first-order valence-electron chi connectivity index (χ1n) is 11.2. The van der Waals surface area contributed by atoms with Crippen LogP contribution < -0.4 is 4.90 Å². The van der Waals surface area contributed by atoms with E-state index < -0.39 is 0 Å². The van der Waals surface area contributed by atoms with E-state index in [0.717, 1.165) is 21.4 Å². The van der Waals surface area contributed by atoms with Gasteiger partial charge >= 0.3 is 0 Å². The number of rotatable bonds is 5. The Morgan fingerprint density at radius 2 is 1.79 bits per heavy atom. The van der Waals surface area contributed by atoms with E-state index in [9.17, 15) is 9.59 Å². The number of Topliss-reactive ketones (excluding diaryl/α,β-unsaturated/α-hetero) is 1. The van der Waals surface area contributed by atoms with Gasteiger partial charge in [0.1, 0.15) is 0 Å². The molecule has 2 aliphatic rings. The van der Waals surface area contributed by atoms with Crippen molar-refractivity contribution in [3.8, 4) is 0 Å². The van der Waals surface area contributed by atoms with Gasteiger partial charge in [0.2, 0.25) is 11.0 Å². The topological polar surface area (TPSA) is 63.2 Å². The number of thioether (sulfide) groups is 1. The highest BCUT2D eigenvalue weighted by Gasteiger charge is 2.45. The molecule has 174 valence electrons. The third-order valence-corrected chi connectivity index (χ3v) is 8.67. The van der Waals surface area contributed by atoms with Crippen molar-refractivity contribution in [2.45, 2.75) is 49.1 Å². The molecular weight excluding hydrogens is 486 g/mol. The minimum Gasteiger partial charge on any atom is -0.294 e. The molecule has 2 aromatic carbocycles. The van der Waals surface area contributed by atoms with Gasteiger partial charge in [-0.3, -0.25) is 14.5 Å². The maximum absolute atomic E-state index is 13.5. The average molecular weight is 510 g/mol. The summed E-state index contributed by atoms with van der Waals surface area (Å²) in [5.74, 6) is 0.440. The summed E-state index contributed by atoms with van der Waals surface area (Å²) < 4.78 is 0.795. The molecule has 2 heterocycles. The zero-order chi connectivity index (χ0) is 23.9. The van der Waals surface area contributed by atoms with Gasteiger partial charge in [0.15, 0.2) is 10.1 Å². The van der Waals surface area contributed by atoms with E-state index in [1.54, 1.807) is 16.7 Å². The highest BCUT2D eigenvalue weighted by Crippen LogP contribution is 2.49. The lowest BCUT2D eigenvalue weighted by Gasteiger charge is -2.41. The largest absolute Gasteiger partial charge is 0.294 e. The van der Waals surface area contributed by atoms with Crippen molar-refractivity contribution in [3.05, 3.63) is 82.0 Å². The van der Waals surface area contributed by atoms with Gasteiger partial charge in [-0.1, -0.05) is 97.1 Å². The molecule has 0 spiro atoms. The van der Waals surface area contributed by atoms with E-state index in [4.69, 9.17) is 11.6 Å². The number of carbonyl (C=O) groups is 2. The van der Waals surface area contributed by atoms with Crippen LogP contribution in [0.15, 0.2) is 70.2 Å². The monoisotopic (exact) mass is 509 g/mol. The summed E-state index contributed by atoms with van der Waals surface area (Å²) in [6.45, 7) is 4.13. The summed E-state index contributed by atoms with van der Waals surface area (Å²) in [5.41, 5.74) is 3.23. The molecule has 3 aromatic rings. The molecule has 8 heteroatoms. The Bertz CT molecular complexity index is 1290. The van der Waals surface area contributed by atoms with Crippen LogP contribution in [0.3, 0.4) is 0 Å². The second kappa shape index (κ2) is 9.29. The molecule has 0 saturated heterocycles. The van der Waals surface area contributed by atoms with Crippen LogP contribution in [0.1, 0.15) is 50.2 Å². The second-order valence-electron chi connectivity index (χ2n) is 9.43. The Morgan fingerprint density at radius 3 is 2.56 bits per heavy atom. The number of halogens is 1.